The first-order valence-corrected chi connectivity index (χ1v) is 4.89. The van der Waals surface area contributed by atoms with E-state index in [1.807, 2.05) is 0 Å². The van der Waals surface area contributed by atoms with E-state index in [1.165, 1.54) is 4.90 Å². The molecular weight excluding hydrogens is 245 g/mol. The van der Waals surface area contributed by atoms with Gasteiger partial charge in [-0.25, -0.2) is 0 Å². The number of carbonyl (C=O) groups excluding carboxylic acids is 1. The standard InChI is InChI=1S/C9H15F3N2O.ClH/c1-6-2-7(4-13)5-14(6)8(15)3-9(10,11)12;/h6-7H,2-5,13H2,1H3;1H. The highest BCUT2D eigenvalue weighted by Crippen LogP contribution is 2.26. The number of rotatable bonds is 2. The molecule has 1 aliphatic rings. The third-order valence-electron chi connectivity index (χ3n) is 2.67. The smallest absolute Gasteiger partial charge is 0.339 e. The van der Waals surface area contributed by atoms with Gasteiger partial charge in [-0.1, -0.05) is 0 Å². The van der Waals surface area contributed by atoms with Crippen molar-refractivity contribution in [1.29, 1.82) is 0 Å². The van der Waals surface area contributed by atoms with Crippen molar-refractivity contribution < 1.29 is 18.0 Å². The molecule has 1 saturated heterocycles. The van der Waals surface area contributed by atoms with E-state index in [-0.39, 0.29) is 24.4 Å². The number of carbonyl (C=O) groups is 1. The summed E-state index contributed by atoms with van der Waals surface area (Å²) in [6.07, 6.45) is -5.09. The van der Waals surface area contributed by atoms with Gasteiger partial charge in [-0.05, 0) is 25.8 Å². The molecule has 2 atom stereocenters. The second-order valence-corrected chi connectivity index (χ2v) is 4.02. The maximum absolute atomic E-state index is 12.0. The first-order valence-electron chi connectivity index (χ1n) is 4.89. The summed E-state index contributed by atoms with van der Waals surface area (Å²) >= 11 is 0. The number of hydrogen-bond acceptors (Lipinski definition) is 2. The monoisotopic (exact) mass is 260 g/mol. The highest BCUT2D eigenvalue weighted by atomic mass is 35.5. The normalized spacial score (nSPS) is 25.4. The molecule has 1 fully saturated rings. The van der Waals surface area contributed by atoms with Crippen LogP contribution < -0.4 is 5.73 Å². The van der Waals surface area contributed by atoms with Crippen molar-refractivity contribution in [3.8, 4) is 0 Å². The molecule has 1 rings (SSSR count). The molecule has 96 valence electrons. The molecule has 1 heterocycles. The molecule has 0 aliphatic carbocycles. The second kappa shape index (κ2) is 5.72. The zero-order valence-corrected chi connectivity index (χ0v) is 9.77. The molecule has 3 nitrogen and oxygen atoms in total. The van der Waals surface area contributed by atoms with Crippen molar-refractivity contribution in [2.24, 2.45) is 11.7 Å². The molecule has 7 heteroatoms. The van der Waals surface area contributed by atoms with Gasteiger partial charge in [0.2, 0.25) is 5.91 Å². The van der Waals surface area contributed by atoms with Crippen LogP contribution in [-0.2, 0) is 4.79 Å². The highest BCUT2D eigenvalue weighted by molar-refractivity contribution is 5.85. The number of nitrogens with zero attached hydrogens (tertiary/aromatic N) is 1. The predicted octanol–water partition coefficient (Wildman–Crippen LogP) is 1.56. The van der Waals surface area contributed by atoms with Crippen molar-refractivity contribution in [3.63, 3.8) is 0 Å². The lowest BCUT2D eigenvalue weighted by atomic mass is 10.1. The zero-order chi connectivity index (χ0) is 11.6. The summed E-state index contributed by atoms with van der Waals surface area (Å²) in [6, 6.07) is -0.131. The lowest BCUT2D eigenvalue weighted by molar-refractivity contribution is -0.161. The van der Waals surface area contributed by atoms with Crippen LogP contribution in [0.15, 0.2) is 0 Å². The van der Waals surface area contributed by atoms with Crippen molar-refractivity contribution in [2.75, 3.05) is 13.1 Å². The lowest BCUT2D eigenvalue weighted by Gasteiger charge is -2.22. The molecule has 0 aromatic heterocycles. The second-order valence-electron chi connectivity index (χ2n) is 4.02. The van der Waals surface area contributed by atoms with Crippen LogP contribution in [0.1, 0.15) is 19.8 Å². The van der Waals surface area contributed by atoms with Crippen molar-refractivity contribution >= 4 is 18.3 Å². The number of hydrogen-bond donors (Lipinski definition) is 1. The van der Waals surface area contributed by atoms with Crippen LogP contribution in [0.4, 0.5) is 13.2 Å². The molecule has 1 amide bonds. The Hall–Kier alpha value is -0.490. The maximum Gasteiger partial charge on any atom is 0.397 e. The van der Waals surface area contributed by atoms with Crippen LogP contribution in [0.5, 0.6) is 0 Å². The highest BCUT2D eigenvalue weighted by Gasteiger charge is 2.38. The average Bonchev–Trinajstić information content (AvgIpc) is 2.43. The fraction of sp³-hybridized carbons (Fsp3) is 0.889. The Bertz CT molecular complexity index is 247. The van der Waals surface area contributed by atoms with Crippen molar-refractivity contribution in [1.82, 2.24) is 4.90 Å². The zero-order valence-electron chi connectivity index (χ0n) is 8.96. The van der Waals surface area contributed by atoms with Crippen LogP contribution in [0.2, 0.25) is 0 Å². The van der Waals surface area contributed by atoms with Crippen LogP contribution >= 0.6 is 12.4 Å². The summed E-state index contributed by atoms with van der Waals surface area (Å²) in [7, 11) is 0. The van der Waals surface area contributed by atoms with Gasteiger partial charge in [0, 0.05) is 12.6 Å². The van der Waals surface area contributed by atoms with Gasteiger partial charge in [0.15, 0.2) is 0 Å². The summed E-state index contributed by atoms with van der Waals surface area (Å²) < 4.78 is 36.0. The fourth-order valence-corrected chi connectivity index (χ4v) is 1.93. The molecular formula is C9H16ClF3N2O. The Balaban J connectivity index is 0.00000225. The van der Waals surface area contributed by atoms with Crippen LogP contribution in [0, 0.1) is 5.92 Å². The number of amides is 1. The minimum atomic E-state index is -4.42. The Morgan fingerprint density at radius 1 is 1.50 bits per heavy atom. The van der Waals surface area contributed by atoms with Gasteiger partial charge < -0.3 is 10.6 Å². The molecule has 0 aromatic rings. The molecule has 0 saturated carbocycles. The molecule has 2 N–H and O–H groups in total. The van der Waals surface area contributed by atoms with Crippen molar-refractivity contribution in [3.05, 3.63) is 0 Å². The molecule has 16 heavy (non-hydrogen) atoms. The molecule has 0 spiro atoms. The molecule has 0 aromatic carbocycles. The molecule has 0 radical (unpaired) electrons. The van der Waals surface area contributed by atoms with Gasteiger partial charge in [0.05, 0.1) is 0 Å². The number of alkyl halides is 3. The Kier molecular flexibility index (Phi) is 5.55. The summed E-state index contributed by atoms with van der Waals surface area (Å²) in [5.74, 6) is -0.705. The van der Waals surface area contributed by atoms with E-state index in [0.29, 0.717) is 19.5 Å². The Labute approximate surface area is 98.6 Å². The van der Waals surface area contributed by atoms with Crippen molar-refractivity contribution in [2.45, 2.75) is 32.0 Å². The van der Waals surface area contributed by atoms with E-state index in [2.05, 4.69) is 0 Å². The van der Waals surface area contributed by atoms with E-state index in [0.717, 1.165) is 0 Å². The van der Waals surface area contributed by atoms with E-state index >= 15 is 0 Å². The maximum atomic E-state index is 12.0. The SMILES string of the molecule is CC1CC(CN)CN1C(=O)CC(F)(F)F.Cl. The summed E-state index contributed by atoms with van der Waals surface area (Å²) in [4.78, 5) is 12.6. The Morgan fingerprint density at radius 2 is 2.06 bits per heavy atom. The summed E-state index contributed by atoms with van der Waals surface area (Å²) in [5.41, 5.74) is 5.43. The number of likely N-dealkylation sites (tertiary alicyclic amines) is 1. The number of nitrogens with two attached hydrogens (primary N) is 1. The Morgan fingerprint density at radius 3 is 2.44 bits per heavy atom. The fourth-order valence-electron chi connectivity index (χ4n) is 1.93. The minimum Gasteiger partial charge on any atom is -0.339 e. The van der Waals surface area contributed by atoms with E-state index in [4.69, 9.17) is 5.73 Å². The molecule has 0 bridgehead atoms. The van der Waals surface area contributed by atoms with Gasteiger partial charge in [-0.15, -0.1) is 12.4 Å². The number of halogens is 4. The summed E-state index contributed by atoms with van der Waals surface area (Å²) in [6.45, 7) is 2.52. The third-order valence-corrected chi connectivity index (χ3v) is 2.67. The van der Waals surface area contributed by atoms with Crippen LogP contribution in [-0.4, -0.2) is 36.1 Å². The van der Waals surface area contributed by atoms with Crippen LogP contribution in [0.3, 0.4) is 0 Å². The van der Waals surface area contributed by atoms with Gasteiger partial charge in [0.25, 0.3) is 0 Å². The van der Waals surface area contributed by atoms with Crippen LogP contribution in [0.25, 0.3) is 0 Å². The largest absolute Gasteiger partial charge is 0.397 e. The van der Waals surface area contributed by atoms with Gasteiger partial charge in [-0.3, -0.25) is 4.79 Å². The third kappa shape index (κ3) is 4.17. The van der Waals surface area contributed by atoms with Gasteiger partial charge >= 0.3 is 6.18 Å². The van der Waals surface area contributed by atoms with E-state index < -0.39 is 18.5 Å². The van der Waals surface area contributed by atoms with E-state index in [1.54, 1.807) is 6.92 Å². The summed E-state index contributed by atoms with van der Waals surface area (Å²) in [5, 5.41) is 0. The van der Waals surface area contributed by atoms with Gasteiger partial charge in [0.1, 0.15) is 6.42 Å². The first-order chi connectivity index (χ1) is 6.83. The minimum absolute atomic E-state index is 0. The quantitative estimate of drug-likeness (QED) is 0.819. The van der Waals surface area contributed by atoms with E-state index in [9.17, 15) is 18.0 Å². The predicted molar refractivity (Wildman–Crippen MR) is 56.3 cm³/mol. The first kappa shape index (κ1) is 15.5. The lowest BCUT2D eigenvalue weighted by Crippen LogP contribution is -2.37. The van der Waals surface area contributed by atoms with Gasteiger partial charge in [-0.2, -0.15) is 13.2 Å². The molecule has 1 aliphatic heterocycles. The average molecular weight is 261 g/mol. The molecule has 2 unspecified atom stereocenters. The topological polar surface area (TPSA) is 46.3 Å².